The zero-order valence-corrected chi connectivity index (χ0v) is 18.8. The normalized spacial score (nSPS) is 18.1. The Hall–Kier alpha value is -2.93. The average molecular weight is 435 g/mol. The first kappa shape index (κ1) is 21.3. The van der Waals surface area contributed by atoms with Crippen molar-refractivity contribution in [3.05, 3.63) is 65.2 Å². The van der Waals surface area contributed by atoms with Gasteiger partial charge in [0.2, 0.25) is 5.91 Å². The molecule has 0 spiro atoms. The van der Waals surface area contributed by atoms with Gasteiger partial charge in [0.25, 0.3) is 5.91 Å². The fourth-order valence-electron chi connectivity index (χ4n) is 3.59. The second-order valence-electron chi connectivity index (χ2n) is 7.81. The summed E-state index contributed by atoms with van der Waals surface area (Å²) in [6, 6.07) is 15.4. The lowest BCUT2D eigenvalue weighted by Gasteiger charge is -2.26. The van der Waals surface area contributed by atoms with Crippen LogP contribution in [-0.4, -0.2) is 39.0 Å². The van der Waals surface area contributed by atoms with E-state index in [4.69, 9.17) is 9.98 Å². The van der Waals surface area contributed by atoms with E-state index in [1.807, 2.05) is 69.3 Å². The molecule has 0 aliphatic carbocycles. The van der Waals surface area contributed by atoms with Crippen LogP contribution in [-0.2, 0) is 16.1 Å². The minimum Gasteiger partial charge on any atom is -0.351 e. The molecule has 2 heterocycles. The number of benzene rings is 2. The second-order valence-corrected chi connectivity index (χ2v) is 9.11. The molecule has 160 valence electrons. The number of rotatable bonds is 6. The SMILES string of the molecule is CCC[C@H]1N=C2c3ccccc3N=C(S[C@H](C)C(=O)NCc3ccc(C)cc3)N2C1=O. The maximum absolute atomic E-state index is 13.1. The Bertz CT molecular complexity index is 1060. The van der Waals surface area contributed by atoms with E-state index in [0.717, 1.165) is 23.2 Å². The molecule has 1 N–H and O–H groups in total. The van der Waals surface area contributed by atoms with E-state index in [0.29, 0.717) is 24.0 Å². The lowest BCUT2D eigenvalue weighted by atomic mass is 10.1. The van der Waals surface area contributed by atoms with Crippen LogP contribution in [0.4, 0.5) is 5.69 Å². The molecule has 0 fully saturated rings. The average Bonchev–Trinajstić information content (AvgIpc) is 3.10. The first-order valence-corrected chi connectivity index (χ1v) is 11.5. The van der Waals surface area contributed by atoms with E-state index in [-0.39, 0.29) is 17.9 Å². The minimum absolute atomic E-state index is 0.0649. The smallest absolute Gasteiger partial charge is 0.259 e. The summed E-state index contributed by atoms with van der Waals surface area (Å²) in [4.78, 5) is 36.8. The molecule has 0 unspecified atom stereocenters. The molecule has 2 aromatic carbocycles. The number of hydrogen-bond donors (Lipinski definition) is 1. The number of nitrogens with zero attached hydrogens (tertiary/aromatic N) is 3. The summed E-state index contributed by atoms with van der Waals surface area (Å²) in [5.74, 6) is 0.482. The van der Waals surface area contributed by atoms with Crippen molar-refractivity contribution in [3.8, 4) is 0 Å². The lowest BCUT2D eigenvalue weighted by molar-refractivity contribution is -0.124. The number of aliphatic imine (C=N–C) groups is 2. The Morgan fingerprint density at radius 1 is 1.19 bits per heavy atom. The quantitative estimate of drug-likeness (QED) is 0.741. The van der Waals surface area contributed by atoms with Crippen LogP contribution in [0.15, 0.2) is 58.5 Å². The van der Waals surface area contributed by atoms with Gasteiger partial charge in [-0.05, 0) is 38.0 Å². The fourth-order valence-corrected chi connectivity index (χ4v) is 4.53. The highest BCUT2D eigenvalue weighted by atomic mass is 32.2. The molecule has 4 rings (SSSR count). The standard InChI is InChI=1S/C24H26N4O2S/c1-4-7-20-23(30)28-21(26-20)18-8-5-6-9-19(18)27-24(28)31-16(3)22(29)25-14-17-12-10-15(2)11-13-17/h5-6,8-13,16,20H,4,7,14H2,1-3H3,(H,25,29)/t16-,20-/m1/s1. The molecule has 0 saturated heterocycles. The Balaban J connectivity index is 1.51. The van der Waals surface area contributed by atoms with Crippen molar-refractivity contribution in [1.82, 2.24) is 10.2 Å². The Morgan fingerprint density at radius 3 is 2.68 bits per heavy atom. The molecule has 31 heavy (non-hydrogen) atoms. The minimum atomic E-state index is -0.409. The monoisotopic (exact) mass is 434 g/mol. The third-order valence-corrected chi connectivity index (χ3v) is 6.40. The van der Waals surface area contributed by atoms with E-state index < -0.39 is 5.25 Å². The molecule has 0 saturated carbocycles. The predicted octanol–water partition coefficient (Wildman–Crippen LogP) is 4.19. The molecule has 0 radical (unpaired) electrons. The molecule has 2 aliphatic heterocycles. The highest BCUT2D eigenvalue weighted by molar-refractivity contribution is 8.15. The maximum Gasteiger partial charge on any atom is 0.259 e. The Kier molecular flexibility index (Phi) is 6.23. The number of amides is 2. The number of thioether (sulfide) groups is 1. The zero-order valence-electron chi connectivity index (χ0n) is 18.0. The van der Waals surface area contributed by atoms with Crippen LogP contribution in [0.5, 0.6) is 0 Å². The van der Waals surface area contributed by atoms with Gasteiger partial charge in [-0.25, -0.2) is 9.89 Å². The molecular weight excluding hydrogens is 408 g/mol. The van der Waals surface area contributed by atoms with Crippen molar-refractivity contribution in [2.45, 2.75) is 51.4 Å². The summed E-state index contributed by atoms with van der Waals surface area (Å²) in [5.41, 5.74) is 3.86. The zero-order chi connectivity index (χ0) is 22.0. The molecule has 0 bridgehead atoms. The third-order valence-electron chi connectivity index (χ3n) is 5.35. The van der Waals surface area contributed by atoms with E-state index in [9.17, 15) is 9.59 Å². The van der Waals surface area contributed by atoms with Gasteiger partial charge in [-0.15, -0.1) is 0 Å². The van der Waals surface area contributed by atoms with Crippen LogP contribution < -0.4 is 5.32 Å². The summed E-state index contributed by atoms with van der Waals surface area (Å²) in [5, 5.41) is 3.08. The maximum atomic E-state index is 13.1. The van der Waals surface area contributed by atoms with Crippen molar-refractivity contribution in [2.75, 3.05) is 0 Å². The van der Waals surface area contributed by atoms with E-state index in [1.54, 1.807) is 4.90 Å². The number of hydrogen-bond acceptors (Lipinski definition) is 5. The summed E-state index contributed by atoms with van der Waals surface area (Å²) >= 11 is 1.29. The number of amidine groups is 2. The Morgan fingerprint density at radius 2 is 1.94 bits per heavy atom. The largest absolute Gasteiger partial charge is 0.351 e. The van der Waals surface area contributed by atoms with Crippen LogP contribution in [0.2, 0.25) is 0 Å². The van der Waals surface area contributed by atoms with Crippen LogP contribution in [0.1, 0.15) is 43.4 Å². The van der Waals surface area contributed by atoms with Crippen LogP contribution >= 0.6 is 11.8 Å². The second kappa shape index (κ2) is 9.06. The van der Waals surface area contributed by atoms with Gasteiger partial charge in [0.15, 0.2) is 5.17 Å². The number of para-hydroxylation sites is 1. The number of fused-ring (bicyclic) bond motifs is 3. The van der Waals surface area contributed by atoms with Crippen LogP contribution in [0.3, 0.4) is 0 Å². The van der Waals surface area contributed by atoms with E-state index in [2.05, 4.69) is 5.32 Å². The predicted molar refractivity (Wildman–Crippen MR) is 126 cm³/mol. The highest BCUT2D eigenvalue weighted by Crippen LogP contribution is 2.35. The number of carbonyl (C=O) groups excluding carboxylic acids is 2. The topological polar surface area (TPSA) is 74.1 Å². The number of nitrogens with one attached hydrogen (secondary N) is 1. The van der Waals surface area contributed by atoms with E-state index >= 15 is 0 Å². The molecule has 2 aliphatic rings. The van der Waals surface area contributed by atoms with Gasteiger partial charge >= 0.3 is 0 Å². The van der Waals surface area contributed by atoms with Gasteiger partial charge in [0, 0.05) is 12.1 Å². The van der Waals surface area contributed by atoms with Gasteiger partial charge < -0.3 is 5.32 Å². The summed E-state index contributed by atoms with van der Waals surface area (Å²) in [6.45, 7) is 6.38. The van der Waals surface area contributed by atoms with Crippen molar-refractivity contribution in [1.29, 1.82) is 0 Å². The molecular formula is C24H26N4O2S. The third kappa shape index (κ3) is 4.42. The van der Waals surface area contributed by atoms with Crippen LogP contribution in [0.25, 0.3) is 0 Å². The lowest BCUT2D eigenvalue weighted by Crippen LogP contribution is -2.42. The fraction of sp³-hybridized carbons (Fsp3) is 0.333. The first-order chi connectivity index (χ1) is 15.0. The number of carbonyl (C=O) groups is 2. The molecule has 0 aromatic heterocycles. The molecule has 2 amide bonds. The van der Waals surface area contributed by atoms with Crippen molar-refractivity contribution in [2.24, 2.45) is 9.98 Å². The molecule has 2 aromatic rings. The Labute approximate surface area is 186 Å². The summed E-state index contributed by atoms with van der Waals surface area (Å²) < 4.78 is 0. The van der Waals surface area contributed by atoms with Gasteiger partial charge in [0.1, 0.15) is 11.9 Å². The number of aryl methyl sites for hydroxylation is 1. The molecule has 7 heteroatoms. The van der Waals surface area contributed by atoms with Crippen molar-refractivity contribution in [3.63, 3.8) is 0 Å². The van der Waals surface area contributed by atoms with E-state index in [1.165, 1.54) is 17.3 Å². The first-order valence-electron chi connectivity index (χ1n) is 10.6. The van der Waals surface area contributed by atoms with Gasteiger partial charge in [-0.1, -0.05) is 67.1 Å². The van der Waals surface area contributed by atoms with Gasteiger partial charge in [-0.3, -0.25) is 14.6 Å². The highest BCUT2D eigenvalue weighted by Gasteiger charge is 2.41. The van der Waals surface area contributed by atoms with Gasteiger partial charge in [-0.2, -0.15) is 0 Å². The summed E-state index contributed by atoms with van der Waals surface area (Å²) in [7, 11) is 0. The molecule has 2 atom stereocenters. The van der Waals surface area contributed by atoms with Crippen molar-refractivity contribution >= 4 is 40.3 Å². The summed E-state index contributed by atoms with van der Waals surface area (Å²) in [6.07, 6.45) is 1.58. The van der Waals surface area contributed by atoms with Gasteiger partial charge in [0.05, 0.1) is 10.9 Å². The van der Waals surface area contributed by atoms with Crippen LogP contribution in [0, 0.1) is 6.92 Å². The molecule has 6 nitrogen and oxygen atoms in total. The van der Waals surface area contributed by atoms with Crippen molar-refractivity contribution < 1.29 is 9.59 Å².